The van der Waals surface area contributed by atoms with E-state index in [1.807, 2.05) is 18.2 Å². The van der Waals surface area contributed by atoms with Crippen LogP contribution in [0.25, 0.3) is 5.82 Å². The zero-order valence-electron chi connectivity index (χ0n) is 8.90. The third-order valence-corrected chi connectivity index (χ3v) is 2.48. The van der Waals surface area contributed by atoms with Gasteiger partial charge in [-0.1, -0.05) is 6.07 Å². The molecule has 3 aromatic heterocycles. The van der Waals surface area contributed by atoms with E-state index in [9.17, 15) is 0 Å². The van der Waals surface area contributed by atoms with E-state index in [-0.39, 0.29) is 0 Å². The summed E-state index contributed by atoms with van der Waals surface area (Å²) < 4.78 is 2.83. The van der Waals surface area contributed by atoms with E-state index in [1.54, 1.807) is 17.2 Å². The van der Waals surface area contributed by atoms with E-state index in [1.165, 1.54) is 6.33 Å². The van der Waals surface area contributed by atoms with Crippen LogP contribution < -0.4 is 0 Å². The number of hydrogen-bond donors (Lipinski definition) is 1. The molecule has 0 amide bonds. The molecule has 0 bridgehead atoms. The first kappa shape index (κ1) is 12.8. The van der Waals surface area contributed by atoms with Crippen LogP contribution in [0.4, 0.5) is 0 Å². The first-order chi connectivity index (χ1) is 8.75. The molecule has 7 nitrogen and oxygen atoms in total. The number of pyridine rings is 1. The average molecular weight is 373 g/mol. The van der Waals surface area contributed by atoms with Crippen molar-refractivity contribution in [2.24, 2.45) is 0 Å². The molecule has 0 aliphatic carbocycles. The number of H-pyrrole nitrogens is 1. The molecule has 1 N–H and O–H groups in total. The largest absolute Gasteiger partial charge is 0.254 e. The van der Waals surface area contributed by atoms with Gasteiger partial charge in [0.05, 0.1) is 0 Å². The molecule has 3 heterocycles. The maximum absolute atomic E-state index is 4.10. The van der Waals surface area contributed by atoms with Crippen molar-refractivity contribution < 1.29 is 0 Å². The lowest BCUT2D eigenvalue weighted by Crippen LogP contribution is -1.96. The predicted octanol–water partition coefficient (Wildman–Crippen LogP) is 1.99. The molecule has 9 heteroatoms. The van der Waals surface area contributed by atoms with E-state index in [2.05, 4.69) is 62.1 Å². The molecule has 0 aliphatic rings. The van der Waals surface area contributed by atoms with Gasteiger partial charge in [-0.25, -0.2) is 19.6 Å². The lowest BCUT2D eigenvalue weighted by molar-refractivity contribution is 0.838. The Morgan fingerprint density at radius 1 is 1.11 bits per heavy atom. The number of hydrogen-bond acceptors (Lipinski definition) is 5. The Balaban J connectivity index is 0.000000169. The van der Waals surface area contributed by atoms with Crippen molar-refractivity contribution in [3.8, 4) is 5.82 Å². The number of rotatable bonds is 1. The van der Waals surface area contributed by atoms with E-state index >= 15 is 0 Å². The molecule has 3 rings (SSSR count). The SMILES string of the molecule is Brc1ncn(-c2ccccn2)n1.Brc1ncn[nH]1. The molecule has 0 spiro atoms. The van der Waals surface area contributed by atoms with Crippen LogP contribution in [-0.4, -0.2) is 34.9 Å². The minimum Gasteiger partial charge on any atom is -0.254 e. The standard InChI is InChI=1S/C7H5BrN4.C2H2BrN3/c8-7-10-5-12(11-7)6-3-1-2-4-9-6;3-2-4-1-5-6-2/h1-5H;1H,(H,4,5,6). The van der Waals surface area contributed by atoms with Gasteiger partial charge < -0.3 is 0 Å². The monoisotopic (exact) mass is 371 g/mol. The smallest absolute Gasteiger partial charge is 0.217 e. The summed E-state index contributed by atoms with van der Waals surface area (Å²) >= 11 is 6.21. The van der Waals surface area contributed by atoms with Gasteiger partial charge in [0.15, 0.2) is 10.6 Å². The van der Waals surface area contributed by atoms with Crippen molar-refractivity contribution >= 4 is 31.9 Å². The van der Waals surface area contributed by atoms with E-state index in [4.69, 9.17) is 0 Å². The van der Waals surface area contributed by atoms with Gasteiger partial charge in [-0.2, -0.15) is 5.10 Å². The lowest BCUT2D eigenvalue weighted by Gasteiger charge is -1.95. The molecular weight excluding hydrogens is 366 g/mol. The zero-order valence-corrected chi connectivity index (χ0v) is 12.1. The van der Waals surface area contributed by atoms with E-state index in [0.717, 1.165) is 5.82 Å². The lowest BCUT2D eigenvalue weighted by atomic mass is 10.5. The molecule has 0 radical (unpaired) electrons. The van der Waals surface area contributed by atoms with Crippen LogP contribution in [0, 0.1) is 0 Å². The summed E-state index contributed by atoms with van der Waals surface area (Å²) in [6.45, 7) is 0. The molecule has 92 valence electrons. The Kier molecular flexibility index (Phi) is 4.53. The minimum atomic E-state index is 0.563. The number of nitrogens with one attached hydrogen (secondary N) is 1. The minimum absolute atomic E-state index is 0.563. The van der Waals surface area contributed by atoms with Crippen LogP contribution >= 0.6 is 31.9 Å². The normalized spacial score (nSPS) is 9.67. The maximum Gasteiger partial charge on any atom is 0.217 e. The van der Waals surface area contributed by atoms with Gasteiger partial charge in [0.1, 0.15) is 12.7 Å². The van der Waals surface area contributed by atoms with Crippen molar-refractivity contribution in [3.05, 3.63) is 46.5 Å². The van der Waals surface area contributed by atoms with Crippen molar-refractivity contribution in [1.82, 2.24) is 34.9 Å². The van der Waals surface area contributed by atoms with Gasteiger partial charge in [-0.15, -0.1) is 5.10 Å². The molecule has 0 saturated heterocycles. The van der Waals surface area contributed by atoms with Crippen LogP contribution in [-0.2, 0) is 0 Å². The fraction of sp³-hybridized carbons (Fsp3) is 0. The van der Waals surface area contributed by atoms with Crippen LogP contribution in [0.5, 0.6) is 0 Å². The summed E-state index contributed by atoms with van der Waals surface area (Å²) in [6, 6.07) is 5.62. The van der Waals surface area contributed by atoms with Crippen molar-refractivity contribution in [3.63, 3.8) is 0 Å². The molecule has 18 heavy (non-hydrogen) atoms. The van der Waals surface area contributed by atoms with E-state index in [0.29, 0.717) is 9.47 Å². The molecule has 3 aromatic rings. The van der Waals surface area contributed by atoms with Gasteiger partial charge in [0, 0.05) is 6.20 Å². The average Bonchev–Trinajstić information content (AvgIpc) is 3.03. The topological polar surface area (TPSA) is 85.2 Å². The fourth-order valence-electron chi connectivity index (χ4n) is 1.03. The fourth-order valence-corrected chi connectivity index (χ4v) is 1.49. The Hall–Kier alpha value is -1.61. The summed E-state index contributed by atoms with van der Waals surface area (Å²) in [5, 5.41) is 10.1. The maximum atomic E-state index is 4.10. The Morgan fingerprint density at radius 3 is 2.44 bits per heavy atom. The second-order valence-electron chi connectivity index (χ2n) is 2.92. The number of halogens is 2. The van der Waals surface area contributed by atoms with E-state index < -0.39 is 0 Å². The highest BCUT2D eigenvalue weighted by molar-refractivity contribution is 9.10. The Morgan fingerprint density at radius 2 is 2.00 bits per heavy atom. The summed E-state index contributed by atoms with van der Waals surface area (Å²) in [4.78, 5) is 11.7. The quantitative estimate of drug-likeness (QED) is 0.706. The Bertz CT molecular complexity index is 578. The van der Waals surface area contributed by atoms with Gasteiger partial charge in [-0.3, -0.25) is 5.10 Å². The summed E-state index contributed by atoms with van der Waals surface area (Å²) in [6.07, 6.45) is 4.75. The van der Waals surface area contributed by atoms with Crippen LogP contribution in [0.3, 0.4) is 0 Å². The highest BCUT2D eigenvalue weighted by Gasteiger charge is 1.98. The molecule has 0 aromatic carbocycles. The van der Waals surface area contributed by atoms with Gasteiger partial charge in [-0.05, 0) is 44.0 Å². The van der Waals surface area contributed by atoms with Crippen LogP contribution in [0.15, 0.2) is 46.5 Å². The van der Waals surface area contributed by atoms with Crippen molar-refractivity contribution in [2.75, 3.05) is 0 Å². The van der Waals surface area contributed by atoms with Crippen LogP contribution in [0.1, 0.15) is 0 Å². The number of aromatic amines is 1. The molecule has 0 fully saturated rings. The highest BCUT2D eigenvalue weighted by Crippen LogP contribution is 2.04. The van der Waals surface area contributed by atoms with Gasteiger partial charge in [0.2, 0.25) is 4.73 Å². The number of aromatic nitrogens is 7. The van der Waals surface area contributed by atoms with Gasteiger partial charge >= 0.3 is 0 Å². The van der Waals surface area contributed by atoms with Crippen molar-refractivity contribution in [2.45, 2.75) is 0 Å². The molecule has 0 atom stereocenters. The number of nitrogens with zero attached hydrogens (tertiary/aromatic N) is 6. The second kappa shape index (κ2) is 6.36. The van der Waals surface area contributed by atoms with Crippen molar-refractivity contribution in [1.29, 1.82) is 0 Å². The summed E-state index contributed by atoms with van der Waals surface area (Å²) in [5.74, 6) is 0.760. The molecule has 0 aliphatic heterocycles. The third kappa shape index (κ3) is 3.70. The Labute approximate surface area is 119 Å². The summed E-state index contributed by atoms with van der Waals surface area (Å²) in [7, 11) is 0. The highest BCUT2D eigenvalue weighted by atomic mass is 79.9. The third-order valence-electron chi connectivity index (χ3n) is 1.73. The summed E-state index contributed by atoms with van der Waals surface area (Å²) in [5.41, 5.74) is 0. The zero-order chi connectivity index (χ0) is 12.8. The predicted molar refractivity (Wildman–Crippen MR) is 70.9 cm³/mol. The second-order valence-corrected chi connectivity index (χ2v) is 4.38. The molecular formula is C9H7Br2N7. The first-order valence-corrected chi connectivity index (χ1v) is 6.34. The van der Waals surface area contributed by atoms with Crippen LogP contribution in [0.2, 0.25) is 0 Å². The first-order valence-electron chi connectivity index (χ1n) is 4.75. The molecule has 0 saturated carbocycles. The molecule has 0 unspecified atom stereocenters. The van der Waals surface area contributed by atoms with Gasteiger partial charge in [0.25, 0.3) is 0 Å².